The van der Waals surface area contributed by atoms with E-state index >= 15 is 0 Å². The van der Waals surface area contributed by atoms with Gasteiger partial charge >= 0.3 is 0 Å². The average molecular weight is 217 g/mol. The molecule has 0 fully saturated rings. The van der Waals surface area contributed by atoms with Crippen LogP contribution in [-0.2, 0) is 0 Å². The Kier molecular flexibility index (Phi) is 2.06. The minimum absolute atomic E-state index is 0.732. The number of benzene rings is 1. The highest BCUT2D eigenvalue weighted by atomic mass is 32.2. The lowest BCUT2D eigenvalue weighted by molar-refractivity contribution is 0.561. The van der Waals surface area contributed by atoms with Crippen molar-refractivity contribution >= 4 is 27.8 Å². The lowest BCUT2D eigenvalue weighted by Gasteiger charge is -1.99. The Bertz CT molecular complexity index is 542. The molecule has 76 valence electrons. The number of rotatable bonds is 1. The second-order valence-corrected chi connectivity index (χ2v) is 4.76. The fourth-order valence-electron chi connectivity index (χ4n) is 1.81. The van der Waals surface area contributed by atoms with E-state index in [4.69, 9.17) is 4.42 Å². The molecule has 2 nitrogen and oxygen atoms in total. The van der Waals surface area contributed by atoms with Crippen LogP contribution < -0.4 is 0 Å². The van der Waals surface area contributed by atoms with Gasteiger partial charge in [0.2, 0.25) is 0 Å². The van der Waals surface area contributed by atoms with Crippen LogP contribution in [0.1, 0.15) is 17.9 Å². The highest BCUT2D eigenvalue weighted by Gasteiger charge is 2.10. The summed E-state index contributed by atoms with van der Waals surface area (Å²) < 4.78 is 5.45. The number of fused-ring (bicyclic) bond motifs is 1. The van der Waals surface area contributed by atoms with Crippen molar-refractivity contribution in [3.63, 3.8) is 0 Å². The summed E-state index contributed by atoms with van der Waals surface area (Å²) in [6, 6.07) is 6.22. The first-order valence-electron chi connectivity index (χ1n) is 5.03. The van der Waals surface area contributed by atoms with Crippen LogP contribution in [0.4, 0.5) is 0 Å². The third kappa shape index (κ3) is 1.57. The highest BCUT2D eigenvalue weighted by molar-refractivity contribution is 8.08. The van der Waals surface area contributed by atoms with E-state index in [-0.39, 0.29) is 0 Å². The fraction of sp³-hybridized carbons (Fsp3) is 0.250. The Morgan fingerprint density at radius 3 is 3.13 bits per heavy atom. The van der Waals surface area contributed by atoms with Crippen molar-refractivity contribution in [3.8, 4) is 0 Å². The van der Waals surface area contributed by atoms with Gasteiger partial charge < -0.3 is 4.42 Å². The van der Waals surface area contributed by atoms with E-state index in [1.54, 1.807) is 0 Å². The quantitative estimate of drug-likeness (QED) is 0.729. The zero-order valence-corrected chi connectivity index (χ0v) is 9.30. The molecule has 0 bridgehead atoms. The second-order valence-electron chi connectivity index (χ2n) is 3.62. The number of hydrogen-bond acceptors (Lipinski definition) is 3. The normalized spacial score (nSPS) is 15.9. The standard InChI is InChI=1S/C12H11NOS/c1-8-13-10-7-9(4-5-11(10)14-8)12-3-2-6-15-12/h3-5,7H,2,6H2,1H3. The van der Waals surface area contributed by atoms with E-state index in [0.29, 0.717) is 0 Å². The molecule has 1 aliphatic heterocycles. The van der Waals surface area contributed by atoms with E-state index in [2.05, 4.69) is 23.2 Å². The van der Waals surface area contributed by atoms with Crippen molar-refractivity contribution in [2.45, 2.75) is 13.3 Å². The van der Waals surface area contributed by atoms with E-state index in [9.17, 15) is 0 Å². The third-order valence-electron chi connectivity index (χ3n) is 2.48. The zero-order chi connectivity index (χ0) is 10.3. The SMILES string of the molecule is Cc1nc2cc(C3=CCCS3)ccc2o1. The molecule has 1 aromatic carbocycles. The molecule has 3 rings (SSSR count). The molecule has 15 heavy (non-hydrogen) atoms. The van der Waals surface area contributed by atoms with Gasteiger partial charge in [-0.25, -0.2) is 4.98 Å². The minimum Gasteiger partial charge on any atom is -0.441 e. The zero-order valence-electron chi connectivity index (χ0n) is 8.49. The topological polar surface area (TPSA) is 26.0 Å². The lowest BCUT2D eigenvalue weighted by Crippen LogP contribution is -1.77. The molecule has 0 radical (unpaired) electrons. The molecule has 0 saturated carbocycles. The van der Waals surface area contributed by atoms with E-state index in [1.807, 2.05) is 24.8 Å². The molecule has 1 aliphatic rings. The maximum atomic E-state index is 5.45. The van der Waals surface area contributed by atoms with Gasteiger partial charge in [-0.2, -0.15) is 0 Å². The number of nitrogens with zero attached hydrogens (tertiary/aromatic N) is 1. The van der Waals surface area contributed by atoms with Crippen LogP contribution in [0, 0.1) is 6.92 Å². The first-order valence-corrected chi connectivity index (χ1v) is 6.02. The summed E-state index contributed by atoms with van der Waals surface area (Å²) in [6.45, 7) is 1.88. The van der Waals surface area contributed by atoms with E-state index in [1.165, 1.54) is 22.6 Å². The molecule has 2 aromatic rings. The lowest BCUT2D eigenvalue weighted by atomic mass is 10.2. The molecular weight excluding hydrogens is 206 g/mol. The van der Waals surface area contributed by atoms with Gasteiger partial charge in [-0.3, -0.25) is 0 Å². The number of aromatic nitrogens is 1. The summed E-state index contributed by atoms with van der Waals surface area (Å²) in [6.07, 6.45) is 3.47. The van der Waals surface area contributed by atoms with Gasteiger partial charge in [-0.1, -0.05) is 12.1 Å². The molecular formula is C12H11NOS. The fourth-order valence-corrected chi connectivity index (χ4v) is 2.80. The summed E-state index contributed by atoms with van der Waals surface area (Å²) in [5.74, 6) is 1.93. The summed E-state index contributed by atoms with van der Waals surface area (Å²) in [5.41, 5.74) is 3.09. The van der Waals surface area contributed by atoms with Crippen LogP contribution in [0.15, 0.2) is 28.7 Å². The van der Waals surface area contributed by atoms with E-state index < -0.39 is 0 Å². The maximum Gasteiger partial charge on any atom is 0.192 e. The molecule has 0 N–H and O–H groups in total. The van der Waals surface area contributed by atoms with E-state index in [0.717, 1.165) is 17.0 Å². The largest absolute Gasteiger partial charge is 0.441 e. The van der Waals surface area contributed by atoms with Crippen LogP contribution in [0.25, 0.3) is 16.0 Å². The molecule has 0 atom stereocenters. The van der Waals surface area contributed by atoms with Crippen LogP contribution >= 0.6 is 11.8 Å². The van der Waals surface area contributed by atoms with Crippen molar-refractivity contribution in [1.29, 1.82) is 0 Å². The molecule has 0 aliphatic carbocycles. The molecule has 0 unspecified atom stereocenters. The number of aryl methyl sites for hydroxylation is 1. The number of allylic oxidation sites excluding steroid dienone is 1. The van der Waals surface area contributed by atoms with Gasteiger partial charge in [0.05, 0.1) is 0 Å². The summed E-state index contributed by atoms with van der Waals surface area (Å²) >= 11 is 1.91. The Balaban J connectivity index is 2.12. The Morgan fingerprint density at radius 1 is 1.40 bits per heavy atom. The van der Waals surface area contributed by atoms with Crippen molar-refractivity contribution in [3.05, 3.63) is 35.7 Å². The van der Waals surface area contributed by atoms with Crippen molar-refractivity contribution in [2.75, 3.05) is 5.75 Å². The number of thioether (sulfide) groups is 1. The predicted molar refractivity (Wildman–Crippen MR) is 63.8 cm³/mol. The molecule has 0 spiro atoms. The van der Waals surface area contributed by atoms with Gasteiger partial charge in [0.25, 0.3) is 0 Å². The Hall–Kier alpha value is -1.22. The molecule has 1 aromatic heterocycles. The molecule has 0 amide bonds. The predicted octanol–water partition coefficient (Wildman–Crippen LogP) is 3.61. The maximum absolute atomic E-state index is 5.45. The van der Waals surface area contributed by atoms with Gasteiger partial charge in [0.15, 0.2) is 11.5 Å². The van der Waals surface area contributed by atoms with Gasteiger partial charge in [-0.05, 0) is 24.1 Å². The third-order valence-corrected chi connectivity index (χ3v) is 3.64. The van der Waals surface area contributed by atoms with Crippen LogP contribution in [0.2, 0.25) is 0 Å². The van der Waals surface area contributed by atoms with Crippen LogP contribution in [0.5, 0.6) is 0 Å². The molecule has 2 heterocycles. The summed E-state index contributed by atoms with van der Waals surface area (Å²) in [4.78, 5) is 5.71. The Morgan fingerprint density at radius 2 is 2.33 bits per heavy atom. The number of oxazole rings is 1. The second kappa shape index (κ2) is 3.42. The minimum atomic E-state index is 0.732. The van der Waals surface area contributed by atoms with Crippen molar-refractivity contribution in [1.82, 2.24) is 4.98 Å². The van der Waals surface area contributed by atoms with Gasteiger partial charge in [0, 0.05) is 17.6 Å². The van der Waals surface area contributed by atoms with Crippen molar-refractivity contribution < 1.29 is 4.42 Å². The monoisotopic (exact) mass is 217 g/mol. The van der Waals surface area contributed by atoms with Crippen LogP contribution in [0.3, 0.4) is 0 Å². The molecule has 3 heteroatoms. The molecule has 0 saturated heterocycles. The number of hydrogen-bond donors (Lipinski definition) is 0. The van der Waals surface area contributed by atoms with Crippen molar-refractivity contribution in [2.24, 2.45) is 0 Å². The summed E-state index contributed by atoms with van der Waals surface area (Å²) in [7, 11) is 0. The Labute approximate surface area is 92.4 Å². The van der Waals surface area contributed by atoms with Gasteiger partial charge in [-0.15, -0.1) is 11.8 Å². The summed E-state index contributed by atoms with van der Waals surface area (Å²) in [5, 5.41) is 0. The van der Waals surface area contributed by atoms with Crippen LogP contribution in [-0.4, -0.2) is 10.7 Å². The smallest absolute Gasteiger partial charge is 0.192 e. The van der Waals surface area contributed by atoms with Gasteiger partial charge in [0.1, 0.15) is 5.52 Å². The first kappa shape index (κ1) is 9.04. The highest BCUT2D eigenvalue weighted by Crippen LogP contribution is 2.34. The average Bonchev–Trinajstić information content (AvgIpc) is 2.82. The first-order chi connectivity index (χ1) is 7.33.